The van der Waals surface area contributed by atoms with Crippen molar-refractivity contribution in [2.45, 2.75) is 57.6 Å². The quantitative estimate of drug-likeness (QED) is 0.738. The molecule has 1 aliphatic heterocycles. The third-order valence-corrected chi connectivity index (χ3v) is 4.53. The molecule has 1 aliphatic carbocycles. The molecule has 0 aromatic heterocycles. The van der Waals surface area contributed by atoms with Crippen LogP contribution < -0.4 is 10.6 Å². The maximum Gasteiger partial charge on any atom is 0.315 e. The highest BCUT2D eigenvalue weighted by Crippen LogP contribution is 2.31. The van der Waals surface area contributed by atoms with Gasteiger partial charge in [-0.2, -0.15) is 0 Å². The highest BCUT2D eigenvalue weighted by Gasteiger charge is 2.33. The number of ether oxygens (including phenoxy) is 1. The fourth-order valence-corrected chi connectivity index (χ4v) is 3.42. The van der Waals surface area contributed by atoms with Crippen LogP contribution in [0.4, 0.5) is 4.79 Å². The first-order valence-corrected chi connectivity index (χ1v) is 7.78. The van der Waals surface area contributed by atoms with Crippen molar-refractivity contribution in [2.24, 2.45) is 11.8 Å². The van der Waals surface area contributed by atoms with E-state index in [1.54, 1.807) is 0 Å². The van der Waals surface area contributed by atoms with E-state index in [1.165, 1.54) is 0 Å². The fourth-order valence-electron chi connectivity index (χ4n) is 3.42. The van der Waals surface area contributed by atoms with Crippen molar-refractivity contribution in [1.82, 2.24) is 10.6 Å². The van der Waals surface area contributed by atoms with Gasteiger partial charge in [-0.3, -0.25) is 4.79 Å². The third kappa shape index (κ3) is 4.59. The largest absolute Gasteiger partial charge is 0.481 e. The lowest BCUT2D eigenvalue weighted by Gasteiger charge is -2.35. The van der Waals surface area contributed by atoms with Gasteiger partial charge in [-0.15, -0.1) is 0 Å². The number of carboxylic acid groups (broad SMARTS) is 1. The van der Waals surface area contributed by atoms with Crippen LogP contribution in [0.2, 0.25) is 0 Å². The molecule has 1 saturated carbocycles. The van der Waals surface area contributed by atoms with Gasteiger partial charge in [0.25, 0.3) is 0 Å². The van der Waals surface area contributed by atoms with E-state index in [2.05, 4.69) is 10.6 Å². The molecule has 2 aliphatic rings. The highest BCUT2D eigenvalue weighted by molar-refractivity contribution is 5.74. The molecule has 2 amide bonds. The summed E-state index contributed by atoms with van der Waals surface area (Å²) in [6.45, 7) is 5.14. The second-order valence-electron chi connectivity index (χ2n) is 6.79. The van der Waals surface area contributed by atoms with Gasteiger partial charge in [-0.1, -0.05) is 6.42 Å². The van der Waals surface area contributed by atoms with Crippen molar-refractivity contribution in [2.75, 3.05) is 13.2 Å². The molecular weight excluding hydrogens is 272 g/mol. The average molecular weight is 298 g/mol. The van der Waals surface area contributed by atoms with Crippen molar-refractivity contribution in [1.29, 1.82) is 0 Å². The summed E-state index contributed by atoms with van der Waals surface area (Å²) in [4.78, 5) is 23.0. The third-order valence-electron chi connectivity index (χ3n) is 4.53. The number of carbonyl (C=O) groups excluding carboxylic acids is 1. The minimum absolute atomic E-state index is 0.0550. The van der Waals surface area contributed by atoms with Gasteiger partial charge in [0, 0.05) is 19.2 Å². The summed E-state index contributed by atoms with van der Waals surface area (Å²) in [5.41, 5.74) is -0.198. The summed E-state index contributed by atoms with van der Waals surface area (Å²) >= 11 is 0. The monoisotopic (exact) mass is 298 g/mol. The Morgan fingerprint density at radius 1 is 1.29 bits per heavy atom. The second-order valence-corrected chi connectivity index (χ2v) is 6.79. The predicted octanol–water partition coefficient (Wildman–Crippen LogP) is 1.74. The van der Waals surface area contributed by atoms with E-state index in [0.29, 0.717) is 13.2 Å². The summed E-state index contributed by atoms with van der Waals surface area (Å²) in [6.07, 6.45) is 4.14. The van der Waals surface area contributed by atoms with Crippen molar-refractivity contribution < 1.29 is 19.4 Å². The first-order chi connectivity index (χ1) is 9.87. The number of urea groups is 1. The Kier molecular flexibility index (Phi) is 5.08. The summed E-state index contributed by atoms with van der Waals surface area (Å²) < 4.78 is 5.62. The molecule has 6 nitrogen and oxygen atoms in total. The van der Waals surface area contributed by atoms with Crippen molar-refractivity contribution in [3.8, 4) is 0 Å². The number of aliphatic carboxylic acids is 1. The predicted molar refractivity (Wildman–Crippen MR) is 78.1 cm³/mol. The topological polar surface area (TPSA) is 87.7 Å². The van der Waals surface area contributed by atoms with Gasteiger partial charge in [0.2, 0.25) is 0 Å². The average Bonchev–Trinajstić information content (AvgIpc) is 2.83. The van der Waals surface area contributed by atoms with Gasteiger partial charge < -0.3 is 20.5 Å². The molecule has 0 spiro atoms. The molecule has 2 fully saturated rings. The molecule has 0 radical (unpaired) electrons. The Labute approximate surface area is 125 Å². The number of hydrogen-bond acceptors (Lipinski definition) is 3. The number of carbonyl (C=O) groups is 2. The van der Waals surface area contributed by atoms with Crippen LogP contribution in [0.5, 0.6) is 0 Å². The van der Waals surface area contributed by atoms with Gasteiger partial charge in [0.05, 0.1) is 11.5 Å². The van der Waals surface area contributed by atoms with Gasteiger partial charge >= 0.3 is 12.0 Å². The molecule has 2 rings (SSSR count). The molecule has 0 aromatic rings. The minimum atomic E-state index is -0.745. The summed E-state index contributed by atoms with van der Waals surface area (Å²) in [5.74, 6) is -1.00. The molecule has 6 heteroatoms. The molecule has 1 saturated heterocycles. The normalized spacial score (nSPS) is 31.6. The molecule has 0 aromatic carbocycles. The van der Waals surface area contributed by atoms with E-state index < -0.39 is 5.97 Å². The zero-order valence-electron chi connectivity index (χ0n) is 12.9. The zero-order valence-corrected chi connectivity index (χ0v) is 12.9. The summed E-state index contributed by atoms with van der Waals surface area (Å²) in [5, 5.41) is 14.9. The minimum Gasteiger partial charge on any atom is -0.481 e. The van der Waals surface area contributed by atoms with Crippen LogP contribution in [0.3, 0.4) is 0 Å². The number of rotatable bonds is 4. The van der Waals surface area contributed by atoms with E-state index in [4.69, 9.17) is 9.84 Å². The fraction of sp³-hybridized carbons (Fsp3) is 0.867. The number of hydrogen-bond donors (Lipinski definition) is 3. The maximum atomic E-state index is 11.9. The van der Waals surface area contributed by atoms with E-state index in [9.17, 15) is 9.59 Å². The van der Waals surface area contributed by atoms with Crippen LogP contribution in [-0.2, 0) is 9.53 Å². The lowest BCUT2D eigenvalue weighted by atomic mass is 9.94. The molecule has 3 unspecified atom stereocenters. The van der Waals surface area contributed by atoms with Crippen LogP contribution in [-0.4, -0.2) is 41.9 Å². The summed E-state index contributed by atoms with van der Waals surface area (Å²) in [7, 11) is 0. The maximum absolute atomic E-state index is 11.9. The Morgan fingerprint density at radius 3 is 2.71 bits per heavy atom. The van der Waals surface area contributed by atoms with Crippen LogP contribution in [0.15, 0.2) is 0 Å². The number of nitrogens with one attached hydrogen (secondary N) is 2. The molecular formula is C15H26N2O4. The molecule has 3 N–H and O–H groups in total. The number of carboxylic acids is 1. The van der Waals surface area contributed by atoms with Crippen LogP contribution in [0, 0.1) is 11.8 Å². The van der Waals surface area contributed by atoms with Gasteiger partial charge in [-0.05, 0) is 45.4 Å². The highest BCUT2D eigenvalue weighted by atomic mass is 16.5. The van der Waals surface area contributed by atoms with E-state index in [1.807, 2.05) is 13.8 Å². The van der Waals surface area contributed by atoms with Gasteiger partial charge in [0.1, 0.15) is 0 Å². The number of amides is 2. The molecule has 21 heavy (non-hydrogen) atoms. The molecule has 0 bridgehead atoms. The van der Waals surface area contributed by atoms with Crippen molar-refractivity contribution in [3.05, 3.63) is 0 Å². The van der Waals surface area contributed by atoms with Gasteiger partial charge in [0.15, 0.2) is 0 Å². The van der Waals surface area contributed by atoms with Gasteiger partial charge in [-0.25, -0.2) is 4.79 Å². The van der Waals surface area contributed by atoms with E-state index in [0.717, 1.165) is 32.1 Å². The lowest BCUT2D eigenvalue weighted by molar-refractivity contribution is -0.142. The van der Waals surface area contributed by atoms with Crippen molar-refractivity contribution in [3.63, 3.8) is 0 Å². The van der Waals surface area contributed by atoms with Crippen LogP contribution in [0.25, 0.3) is 0 Å². The molecule has 1 heterocycles. The Morgan fingerprint density at radius 2 is 2.05 bits per heavy atom. The Bertz CT molecular complexity index is 397. The Hall–Kier alpha value is -1.30. The smallest absolute Gasteiger partial charge is 0.315 e. The SMILES string of the molecule is CC1(C)CC(NC(=O)NCC2CCCC2C(=O)O)CCO1. The Balaban J connectivity index is 1.73. The van der Waals surface area contributed by atoms with Crippen LogP contribution >= 0.6 is 0 Å². The molecule has 3 atom stereocenters. The summed E-state index contributed by atoms with van der Waals surface area (Å²) in [6, 6.07) is -0.0821. The second kappa shape index (κ2) is 6.64. The van der Waals surface area contributed by atoms with E-state index in [-0.39, 0.29) is 29.5 Å². The lowest BCUT2D eigenvalue weighted by Crippen LogP contribution is -2.49. The zero-order chi connectivity index (χ0) is 15.5. The van der Waals surface area contributed by atoms with E-state index >= 15 is 0 Å². The molecule has 120 valence electrons. The van der Waals surface area contributed by atoms with Crippen LogP contribution in [0.1, 0.15) is 46.0 Å². The first-order valence-electron chi connectivity index (χ1n) is 7.78. The first kappa shape index (κ1) is 16.1. The van der Waals surface area contributed by atoms with Crippen molar-refractivity contribution >= 4 is 12.0 Å². The standard InChI is InChI=1S/C15H26N2O4/c1-15(2)8-11(6-7-21-15)17-14(20)16-9-10-4-3-5-12(10)13(18)19/h10-12H,3-9H2,1-2H3,(H,18,19)(H2,16,17,20).